The molecule has 1 fully saturated rings. The van der Waals surface area contributed by atoms with Crippen LogP contribution < -0.4 is 11.3 Å². The molecule has 1 aliphatic rings. The first-order valence-electron chi connectivity index (χ1n) is 10.2. The smallest absolute Gasteiger partial charge is 0.302 e. The van der Waals surface area contributed by atoms with Crippen LogP contribution in [-0.4, -0.2) is 48.1 Å². The van der Waals surface area contributed by atoms with Crippen molar-refractivity contribution in [3.05, 3.63) is 16.7 Å². The highest BCUT2D eigenvalue weighted by molar-refractivity contribution is 5.71. The van der Waals surface area contributed by atoms with Crippen molar-refractivity contribution >= 4 is 17.1 Å². The fourth-order valence-corrected chi connectivity index (χ4v) is 3.81. The normalized spacial score (nSPS) is 22.3. The van der Waals surface area contributed by atoms with Gasteiger partial charge in [-0.1, -0.05) is 45.4 Å². The van der Waals surface area contributed by atoms with Gasteiger partial charge in [-0.2, -0.15) is 4.98 Å². The van der Waals surface area contributed by atoms with Crippen LogP contribution in [0.5, 0.6) is 0 Å². The van der Waals surface area contributed by atoms with E-state index in [1.165, 1.54) is 38.4 Å². The number of aromatic nitrogens is 4. The molecule has 2 aromatic heterocycles. The SMILES string of the molecule is CCCCCCCCCn1c(N)nc(=O)c2ncn([C@H]3CC(O)[C@@H](CO)O3)c21. The van der Waals surface area contributed by atoms with Gasteiger partial charge in [-0.25, -0.2) is 4.98 Å². The summed E-state index contributed by atoms with van der Waals surface area (Å²) in [6.07, 6.45) is 8.08. The summed E-state index contributed by atoms with van der Waals surface area (Å²) in [7, 11) is 0. The summed E-state index contributed by atoms with van der Waals surface area (Å²) in [5, 5.41) is 19.4. The van der Waals surface area contributed by atoms with E-state index < -0.39 is 24.0 Å². The van der Waals surface area contributed by atoms with Gasteiger partial charge in [-0.3, -0.25) is 13.9 Å². The van der Waals surface area contributed by atoms with Crippen LogP contribution in [0.15, 0.2) is 11.1 Å². The van der Waals surface area contributed by atoms with Crippen molar-refractivity contribution in [1.29, 1.82) is 0 Å². The highest BCUT2D eigenvalue weighted by Crippen LogP contribution is 2.31. The summed E-state index contributed by atoms with van der Waals surface area (Å²) in [4.78, 5) is 20.3. The molecule has 1 aliphatic heterocycles. The maximum Gasteiger partial charge on any atom is 0.302 e. The Balaban J connectivity index is 1.78. The van der Waals surface area contributed by atoms with Crippen molar-refractivity contribution in [2.75, 3.05) is 12.3 Å². The molecule has 1 saturated heterocycles. The molecular weight excluding hydrogens is 362 g/mol. The first kappa shape index (κ1) is 20.8. The second-order valence-electron chi connectivity index (χ2n) is 7.49. The molecule has 156 valence electrons. The van der Waals surface area contributed by atoms with E-state index in [0.29, 0.717) is 18.6 Å². The zero-order chi connectivity index (χ0) is 20.1. The summed E-state index contributed by atoms with van der Waals surface area (Å²) in [6, 6.07) is 0. The lowest BCUT2D eigenvalue weighted by Crippen LogP contribution is -2.24. The van der Waals surface area contributed by atoms with E-state index in [0.717, 1.165) is 12.8 Å². The Labute approximate surface area is 164 Å². The van der Waals surface area contributed by atoms with Gasteiger partial charge in [0.1, 0.15) is 12.3 Å². The molecule has 9 nitrogen and oxygen atoms in total. The molecule has 1 unspecified atom stereocenters. The van der Waals surface area contributed by atoms with E-state index >= 15 is 0 Å². The summed E-state index contributed by atoms with van der Waals surface area (Å²) >= 11 is 0. The number of ether oxygens (including phenoxy) is 1. The van der Waals surface area contributed by atoms with Gasteiger partial charge in [0.2, 0.25) is 5.95 Å². The van der Waals surface area contributed by atoms with Crippen LogP contribution in [0, 0.1) is 0 Å². The molecule has 0 saturated carbocycles. The van der Waals surface area contributed by atoms with Crippen molar-refractivity contribution < 1.29 is 14.9 Å². The van der Waals surface area contributed by atoms with Crippen molar-refractivity contribution in [2.45, 2.75) is 83.3 Å². The Bertz CT molecular complexity index is 834. The Hall–Kier alpha value is -1.97. The molecule has 0 aliphatic carbocycles. The van der Waals surface area contributed by atoms with Gasteiger partial charge in [0, 0.05) is 13.0 Å². The number of aliphatic hydroxyl groups is 2. The fourth-order valence-electron chi connectivity index (χ4n) is 3.81. The molecule has 28 heavy (non-hydrogen) atoms. The van der Waals surface area contributed by atoms with E-state index in [4.69, 9.17) is 10.5 Å². The molecule has 3 rings (SSSR count). The quantitative estimate of drug-likeness (QED) is 0.523. The van der Waals surface area contributed by atoms with Crippen LogP contribution in [0.3, 0.4) is 0 Å². The second kappa shape index (κ2) is 9.49. The number of anilines is 1. The molecule has 4 N–H and O–H groups in total. The molecule has 3 atom stereocenters. The van der Waals surface area contributed by atoms with Gasteiger partial charge in [0.25, 0.3) is 0 Å². The predicted octanol–water partition coefficient (Wildman–Crippen LogP) is 1.57. The van der Waals surface area contributed by atoms with Gasteiger partial charge in [-0.15, -0.1) is 0 Å². The van der Waals surface area contributed by atoms with Crippen molar-refractivity contribution in [3.63, 3.8) is 0 Å². The average molecular weight is 393 g/mol. The minimum atomic E-state index is -0.769. The molecule has 0 bridgehead atoms. The summed E-state index contributed by atoms with van der Waals surface area (Å²) in [5.74, 6) is 0.155. The number of hydrogen-bond acceptors (Lipinski definition) is 7. The lowest BCUT2D eigenvalue weighted by Gasteiger charge is -2.18. The standard InChI is InChI=1S/C19H31N5O4/c1-2-3-4-5-6-7-8-9-23-18-16(17(27)22-19(23)20)21-12-24(18)15-10-13(26)14(11-25)28-15/h12-15,25-26H,2-11H2,1H3,(H2,20,22,27)/t13?,14-,15-/m1/s1. The van der Waals surface area contributed by atoms with E-state index in [2.05, 4.69) is 16.9 Å². The van der Waals surface area contributed by atoms with Gasteiger partial charge in [-0.05, 0) is 6.42 Å². The average Bonchev–Trinajstić information content (AvgIpc) is 3.27. The molecule has 0 radical (unpaired) electrons. The number of aliphatic hydroxyl groups excluding tert-OH is 2. The lowest BCUT2D eigenvalue weighted by atomic mass is 10.1. The minimum Gasteiger partial charge on any atom is -0.394 e. The first-order chi connectivity index (χ1) is 13.6. The number of nitrogens with two attached hydrogens (primary N) is 1. The molecule has 3 heterocycles. The number of hydrogen-bond donors (Lipinski definition) is 3. The van der Waals surface area contributed by atoms with E-state index in [1.807, 2.05) is 0 Å². The van der Waals surface area contributed by atoms with Crippen molar-refractivity contribution in [2.24, 2.45) is 0 Å². The lowest BCUT2D eigenvalue weighted by molar-refractivity contribution is -0.0433. The zero-order valence-electron chi connectivity index (χ0n) is 16.5. The molecular formula is C19H31N5O4. The molecule has 2 aromatic rings. The minimum absolute atomic E-state index is 0.155. The Morgan fingerprint density at radius 2 is 1.96 bits per heavy atom. The van der Waals surface area contributed by atoms with E-state index in [1.54, 1.807) is 9.13 Å². The van der Waals surface area contributed by atoms with E-state index in [9.17, 15) is 15.0 Å². The topological polar surface area (TPSA) is 128 Å². The number of fused-ring (bicyclic) bond motifs is 1. The van der Waals surface area contributed by atoms with E-state index in [-0.39, 0.29) is 18.1 Å². The number of imidazole rings is 1. The second-order valence-corrected chi connectivity index (χ2v) is 7.49. The van der Waals surface area contributed by atoms with Gasteiger partial charge < -0.3 is 20.7 Å². The van der Waals surface area contributed by atoms with Crippen LogP contribution in [-0.2, 0) is 11.3 Å². The van der Waals surface area contributed by atoms with Gasteiger partial charge in [0.15, 0.2) is 11.2 Å². The maximum absolute atomic E-state index is 12.2. The Morgan fingerprint density at radius 3 is 2.64 bits per heavy atom. The van der Waals surface area contributed by atoms with Gasteiger partial charge in [0.05, 0.1) is 19.0 Å². The number of aryl methyl sites for hydroxylation is 1. The van der Waals surface area contributed by atoms with Crippen LogP contribution in [0.2, 0.25) is 0 Å². The molecule has 0 aromatic carbocycles. The van der Waals surface area contributed by atoms with Crippen LogP contribution >= 0.6 is 0 Å². The number of unbranched alkanes of at least 4 members (excludes halogenated alkanes) is 6. The third-order valence-electron chi connectivity index (χ3n) is 5.40. The third-order valence-corrected chi connectivity index (χ3v) is 5.40. The third kappa shape index (κ3) is 4.37. The Kier molecular flexibility index (Phi) is 7.03. The zero-order valence-corrected chi connectivity index (χ0v) is 16.5. The highest BCUT2D eigenvalue weighted by Gasteiger charge is 2.35. The highest BCUT2D eigenvalue weighted by atomic mass is 16.5. The fraction of sp³-hybridized carbons (Fsp3) is 0.737. The van der Waals surface area contributed by atoms with Crippen LogP contribution in [0.25, 0.3) is 11.2 Å². The number of nitrogens with zero attached hydrogens (tertiary/aromatic N) is 4. The van der Waals surface area contributed by atoms with Crippen LogP contribution in [0.4, 0.5) is 5.95 Å². The first-order valence-corrected chi connectivity index (χ1v) is 10.2. The monoisotopic (exact) mass is 393 g/mol. The van der Waals surface area contributed by atoms with Crippen LogP contribution in [0.1, 0.15) is 64.5 Å². The number of rotatable bonds is 10. The largest absolute Gasteiger partial charge is 0.394 e. The van der Waals surface area contributed by atoms with Gasteiger partial charge >= 0.3 is 5.56 Å². The summed E-state index contributed by atoms with van der Waals surface area (Å²) < 4.78 is 9.26. The predicted molar refractivity (Wildman–Crippen MR) is 106 cm³/mol. The van der Waals surface area contributed by atoms with Crippen molar-refractivity contribution in [1.82, 2.24) is 19.1 Å². The summed E-state index contributed by atoms with van der Waals surface area (Å²) in [5.41, 5.74) is 6.38. The number of nitrogen functional groups attached to an aromatic ring is 1. The van der Waals surface area contributed by atoms with Crippen molar-refractivity contribution in [3.8, 4) is 0 Å². The molecule has 0 spiro atoms. The Morgan fingerprint density at radius 1 is 1.25 bits per heavy atom. The molecule has 0 amide bonds. The maximum atomic E-state index is 12.2. The molecule has 9 heteroatoms. The summed E-state index contributed by atoms with van der Waals surface area (Å²) in [6.45, 7) is 2.57.